The van der Waals surface area contributed by atoms with Gasteiger partial charge in [-0.05, 0) is 24.3 Å². The van der Waals surface area contributed by atoms with E-state index in [0.717, 1.165) is 0 Å². The first-order valence-corrected chi connectivity index (χ1v) is 5.76. The molecular formula is C12H15F3N2O3. The molecule has 0 heterocycles. The average Bonchev–Trinajstić information content (AvgIpc) is 2.41. The molecule has 0 atom stereocenters. The van der Waals surface area contributed by atoms with Crippen molar-refractivity contribution >= 4 is 6.03 Å². The van der Waals surface area contributed by atoms with Crippen LogP contribution in [0.1, 0.15) is 0 Å². The van der Waals surface area contributed by atoms with E-state index >= 15 is 0 Å². The summed E-state index contributed by atoms with van der Waals surface area (Å²) in [5, 5.41) is 3.94. The zero-order valence-corrected chi connectivity index (χ0v) is 10.8. The highest BCUT2D eigenvalue weighted by molar-refractivity contribution is 5.73. The summed E-state index contributed by atoms with van der Waals surface area (Å²) in [5.74, 6) is 1.25. The van der Waals surface area contributed by atoms with Crippen LogP contribution in [0, 0.1) is 0 Å². The van der Waals surface area contributed by atoms with Gasteiger partial charge in [-0.25, -0.2) is 4.79 Å². The molecule has 20 heavy (non-hydrogen) atoms. The Balaban J connectivity index is 2.16. The van der Waals surface area contributed by atoms with Crippen molar-refractivity contribution in [2.45, 2.75) is 6.18 Å². The predicted molar refractivity (Wildman–Crippen MR) is 65.9 cm³/mol. The number of ether oxygens (including phenoxy) is 2. The molecule has 1 rings (SSSR count). The summed E-state index contributed by atoms with van der Waals surface area (Å²) in [4.78, 5) is 11.0. The normalized spacial score (nSPS) is 10.8. The van der Waals surface area contributed by atoms with Gasteiger partial charge >= 0.3 is 12.2 Å². The van der Waals surface area contributed by atoms with E-state index in [0.29, 0.717) is 11.5 Å². The Bertz CT molecular complexity index is 421. The van der Waals surface area contributed by atoms with Gasteiger partial charge in [0.15, 0.2) is 0 Å². The molecule has 0 aliphatic rings. The van der Waals surface area contributed by atoms with Gasteiger partial charge in [-0.15, -0.1) is 0 Å². The van der Waals surface area contributed by atoms with E-state index in [-0.39, 0.29) is 13.2 Å². The second-order valence-corrected chi connectivity index (χ2v) is 3.75. The van der Waals surface area contributed by atoms with Crippen molar-refractivity contribution in [3.8, 4) is 11.5 Å². The number of methoxy groups -OCH3 is 1. The summed E-state index contributed by atoms with van der Waals surface area (Å²) in [5.41, 5.74) is 0. The zero-order chi connectivity index (χ0) is 15.0. The van der Waals surface area contributed by atoms with Gasteiger partial charge in [-0.3, -0.25) is 0 Å². The number of carbonyl (C=O) groups is 1. The minimum Gasteiger partial charge on any atom is -0.497 e. The minimum absolute atomic E-state index is 0.0930. The van der Waals surface area contributed by atoms with E-state index in [9.17, 15) is 18.0 Å². The fraction of sp³-hybridized carbons (Fsp3) is 0.417. The van der Waals surface area contributed by atoms with Crippen molar-refractivity contribution in [1.82, 2.24) is 10.6 Å². The third kappa shape index (κ3) is 6.72. The second kappa shape index (κ2) is 7.46. The first kappa shape index (κ1) is 15.9. The number of halogens is 3. The maximum atomic E-state index is 11.8. The van der Waals surface area contributed by atoms with E-state index in [2.05, 4.69) is 5.32 Å². The highest BCUT2D eigenvalue weighted by Crippen LogP contribution is 2.16. The number of benzene rings is 1. The summed E-state index contributed by atoms with van der Waals surface area (Å²) in [6, 6.07) is 5.89. The van der Waals surface area contributed by atoms with Crippen LogP contribution in [0.15, 0.2) is 24.3 Å². The lowest BCUT2D eigenvalue weighted by molar-refractivity contribution is -0.122. The molecule has 1 aromatic rings. The number of rotatable bonds is 6. The van der Waals surface area contributed by atoms with Crippen LogP contribution in [0.3, 0.4) is 0 Å². The predicted octanol–water partition coefficient (Wildman–Crippen LogP) is 1.94. The number of nitrogens with one attached hydrogen (secondary N) is 2. The van der Waals surface area contributed by atoms with Crippen LogP contribution in [-0.2, 0) is 0 Å². The highest BCUT2D eigenvalue weighted by atomic mass is 19.4. The van der Waals surface area contributed by atoms with Gasteiger partial charge in [0.25, 0.3) is 0 Å². The van der Waals surface area contributed by atoms with Crippen LogP contribution in [0.2, 0.25) is 0 Å². The van der Waals surface area contributed by atoms with Crippen molar-refractivity contribution in [3.63, 3.8) is 0 Å². The molecular weight excluding hydrogens is 277 g/mol. The zero-order valence-electron chi connectivity index (χ0n) is 10.8. The molecule has 5 nitrogen and oxygen atoms in total. The smallest absolute Gasteiger partial charge is 0.405 e. The van der Waals surface area contributed by atoms with Gasteiger partial charge in [-0.1, -0.05) is 0 Å². The van der Waals surface area contributed by atoms with Crippen LogP contribution >= 0.6 is 0 Å². The number of hydrogen-bond acceptors (Lipinski definition) is 3. The molecule has 8 heteroatoms. The van der Waals surface area contributed by atoms with Gasteiger partial charge in [0.2, 0.25) is 0 Å². The lowest BCUT2D eigenvalue weighted by atomic mass is 10.3. The number of alkyl halides is 3. The standard InChI is InChI=1S/C12H15F3N2O3/c1-19-9-2-4-10(5-3-9)20-7-6-16-11(18)17-8-12(13,14)15/h2-5H,6-8H2,1H3,(H2,16,17,18). The van der Waals surface area contributed by atoms with Gasteiger partial charge in [0, 0.05) is 0 Å². The van der Waals surface area contributed by atoms with E-state index in [1.807, 2.05) is 0 Å². The van der Waals surface area contributed by atoms with Crippen molar-refractivity contribution in [1.29, 1.82) is 0 Å². The fourth-order valence-corrected chi connectivity index (χ4v) is 1.25. The van der Waals surface area contributed by atoms with Crippen LogP contribution in [0.25, 0.3) is 0 Å². The van der Waals surface area contributed by atoms with Gasteiger partial charge in [0.1, 0.15) is 24.7 Å². The monoisotopic (exact) mass is 292 g/mol. The largest absolute Gasteiger partial charge is 0.497 e. The first-order chi connectivity index (χ1) is 9.40. The van der Waals surface area contributed by atoms with Crippen molar-refractivity contribution < 1.29 is 27.4 Å². The van der Waals surface area contributed by atoms with Crippen LogP contribution in [0.5, 0.6) is 11.5 Å². The molecule has 1 aromatic carbocycles. The maximum Gasteiger partial charge on any atom is 0.405 e. The summed E-state index contributed by atoms with van der Waals surface area (Å²) in [7, 11) is 1.54. The Morgan fingerprint density at radius 2 is 1.75 bits per heavy atom. The first-order valence-electron chi connectivity index (χ1n) is 5.76. The summed E-state index contributed by atoms with van der Waals surface area (Å²) >= 11 is 0. The summed E-state index contributed by atoms with van der Waals surface area (Å²) in [6.07, 6.45) is -4.42. The van der Waals surface area contributed by atoms with Crippen LogP contribution in [0.4, 0.5) is 18.0 Å². The van der Waals surface area contributed by atoms with E-state index in [1.54, 1.807) is 36.7 Å². The Labute approximate surface area is 114 Å². The Kier molecular flexibility index (Phi) is 5.95. The molecule has 112 valence electrons. The molecule has 2 amide bonds. The van der Waals surface area contributed by atoms with Crippen molar-refractivity contribution in [3.05, 3.63) is 24.3 Å². The molecule has 0 spiro atoms. The number of amides is 2. The third-order valence-electron chi connectivity index (χ3n) is 2.17. The molecule has 0 fully saturated rings. The molecule has 2 N–H and O–H groups in total. The number of carbonyl (C=O) groups excluding carboxylic acids is 1. The second-order valence-electron chi connectivity index (χ2n) is 3.75. The Hall–Kier alpha value is -2.12. The number of hydrogen-bond donors (Lipinski definition) is 2. The molecule has 0 unspecified atom stereocenters. The topological polar surface area (TPSA) is 59.6 Å². The fourth-order valence-electron chi connectivity index (χ4n) is 1.25. The molecule has 0 aliphatic heterocycles. The van der Waals surface area contributed by atoms with Gasteiger partial charge in [0.05, 0.1) is 13.7 Å². The van der Waals surface area contributed by atoms with Crippen molar-refractivity contribution in [2.75, 3.05) is 26.8 Å². The van der Waals surface area contributed by atoms with E-state index < -0.39 is 18.8 Å². The van der Waals surface area contributed by atoms with Crippen LogP contribution in [-0.4, -0.2) is 39.0 Å². The molecule has 0 aromatic heterocycles. The maximum absolute atomic E-state index is 11.8. The molecule has 0 saturated carbocycles. The molecule has 0 saturated heterocycles. The molecule has 0 aliphatic carbocycles. The van der Waals surface area contributed by atoms with E-state index in [1.165, 1.54) is 0 Å². The van der Waals surface area contributed by atoms with E-state index in [4.69, 9.17) is 9.47 Å². The molecule has 0 radical (unpaired) electrons. The number of urea groups is 1. The minimum atomic E-state index is -4.42. The van der Waals surface area contributed by atoms with Crippen molar-refractivity contribution in [2.24, 2.45) is 0 Å². The molecule has 0 bridgehead atoms. The van der Waals surface area contributed by atoms with Gasteiger partial charge in [-0.2, -0.15) is 13.2 Å². The van der Waals surface area contributed by atoms with Crippen LogP contribution < -0.4 is 20.1 Å². The SMILES string of the molecule is COc1ccc(OCCNC(=O)NCC(F)(F)F)cc1. The Morgan fingerprint density at radius 3 is 2.30 bits per heavy atom. The highest BCUT2D eigenvalue weighted by Gasteiger charge is 2.27. The summed E-state index contributed by atoms with van der Waals surface area (Å²) < 4.78 is 45.7. The third-order valence-corrected chi connectivity index (χ3v) is 2.17. The Morgan fingerprint density at radius 1 is 1.15 bits per heavy atom. The lowest BCUT2D eigenvalue weighted by Gasteiger charge is -2.10. The average molecular weight is 292 g/mol. The quantitative estimate of drug-likeness (QED) is 0.788. The summed E-state index contributed by atoms with van der Waals surface area (Å²) in [6.45, 7) is -1.13. The lowest BCUT2D eigenvalue weighted by Crippen LogP contribution is -2.42. The van der Waals surface area contributed by atoms with Gasteiger partial charge < -0.3 is 20.1 Å².